The van der Waals surface area contributed by atoms with Gasteiger partial charge in [0.15, 0.2) is 0 Å². The number of carbonyl (C=O) groups excluding carboxylic acids is 2. The van der Waals surface area contributed by atoms with Crippen LogP contribution in [0.1, 0.15) is 41.6 Å². The van der Waals surface area contributed by atoms with Crippen LogP contribution in [0.2, 0.25) is 0 Å². The summed E-state index contributed by atoms with van der Waals surface area (Å²) in [5.74, 6) is 1.80. The summed E-state index contributed by atoms with van der Waals surface area (Å²) in [6.07, 6.45) is 4.66. The number of rotatable bonds is 7. The average molecular weight is 421 g/mol. The molecule has 2 aromatic rings. The Hall–Kier alpha value is -2.82. The summed E-state index contributed by atoms with van der Waals surface area (Å²) >= 11 is 0. The first-order valence-electron chi connectivity index (χ1n) is 11.3. The van der Waals surface area contributed by atoms with Crippen molar-refractivity contribution >= 4 is 11.8 Å². The SMILES string of the molecule is COc1cccc(CC(C2CCN(C(=O)c3ccccc3)CC2)N(C)C(=O)C2CC2)c1. The molecule has 1 saturated heterocycles. The minimum atomic E-state index is 0.103. The molecule has 0 radical (unpaired) electrons. The van der Waals surface area contributed by atoms with Crippen molar-refractivity contribution in [2.45, 2.75) is 38.1 Å². The van der Waals surface area contributed by atoms with E-state index in [4.69, 9.17) is 4.74 Å². The normalized spacial score (nSPS) is 17.8. The van der Waals surface area contributed by atoms with Gasteiger partial charge in [0, 0.05) is 37.7 Å². The second-order valence-electron chi connectivity index (χ2n) is 8.84. The molecular formula is C26H32N2O3. The second-order valence-corrected chi connectivity index (χ2v) is 8.84. The fourth-order valence-electron chi connectivity index (χ4n) is 4.69. The van der Waals surface area contributed by atoms with Gasteiger partial charge >= 0.3 is 0 Å². The third kappa shape index (κ3) is 5.09. The summed E-state index contributed by atoms with van der Waals surface area (Å²) in [5, 5.41) is 0. The van der Waals surface area contributed by atoms with E-state index in [0.29, 0.717) is 5.92 Å². The molecule has 5 nitrogen and oxygen atoms in total. The van der Waals surface area contributed by atoms with Gasteiger partial charge in [0.2, 0.25) is 5.91 Å². The highest BCUT2D eigenvalue weighted by atomic mass is 16.5. The molecule has 5 heteroatoms. The molecule has 0 bridgehead atoms. The molecule has 2 aromatic carbocycles. The van der Waals surface area contributed by atoms with E-state index in [2.05, 4.69) is 12.1 Å². The molecule has 31 heavy (non-hydrogen) atoms. The number of nitrogens with zero attached hydrogens (tertiary/aromatic N) is 2. The maximum atomic E-state index is 12.9. The second kappa shape index (κ2) is 9.54. The third-order valence-corrected chi connectivity index (χ3v) is 6.74. The summed E-state index contributed by atoms with van der Waals surface area (Å²) in [6.45, 7) is 1.47. The van der Waals surface area contributed by atoms with Crippen molar-refractivity contribution in [1.29, 1.82) is 0 Å². The highest BCUT2D eigenvalue weighted by Crippen LogP contribution is 2.34. The molecule has 1 aliphatic carbocycles. The van der Waals surface area contributed by atoms with Crippen molar-refractivity contribution in [2.24, 2.45) is 11.8 Å². The Morgan fingerprint density at radius 3 is 2.39 bits per heavy atom. The van der Waals surface area contributed by atoms with Crippen LogP contribution in [0.3, 0.4) is 0 Å². The lowest BCUT2D eigenvalue weighted by Gasteiger charge is -2.40. The standard InChI is InChI=1S/C26H32N2O3/c1-27(25(29)22-11-12-22)24(18-19-7-6-10-23(17-19)31-2)20-13-15-28(16-14-20)26(30)21-8-4-3-5-9-21/h3-10,17,20,22,24H,11-16,18H2,1-2H3. The quantitative estimate of drug-likeness (QED) is 0.680. The molecule has 4 rings (SSSR count). The molecule has 164 valence electrons. The summed E-state index contributed by atoms with van der Waals surface area (Å²) in [6, 6.07) is 17.8. The van der Waals surface area contributed by atoms with E-state index < -0.39 is 0 Å². The number of methoxy groups -OCH3 is 1. The third-order valence-electron chi connectivity index (χ3n) is 6.74. The van der Waals surface area contributed by atoms with E-state index in [9.17, 15) is 9.59 Å². The largest absolute Gasteiger partial charge is 0.497 e. The fourth-order valence-corrected chi connectivity index (χ4v) is 4.69. The Balaban J connectivity index is 1.46. The van der Waals surface area contributed by atoms with Crippen molar-refractivity contribution in [3.05, 3.63) is 65.7 Å². The van der Waals surface area contributed by atoms with E-state index in [-0.39, 0.29) is 23.8 Å². The van der Waals surface area contributed by atoms with Crippen LogP contribution in [0.15, 0.2) is 54.6 Å². The van der Waals surface area contributed by atoms with Crippen LogP contribution in [0.25, 0.3) is 0 Å². The molecule has 1 heterocycles. The van der Waals surface area contributed by atoms with Gasteiger partial charge in [-0.15, -0.1) is 0 Å². The van der Waals surface area contributed by atoms with E-state index in [1.165, 1.54) is 5.56 Å². The first-order valence-corrected chi connectivity index (χ1v) is 11.3. The Labute approximate surface area is 185 Å². The van der Waals surface area contributed by atoms with E-state index in [1.807, 2.05) is 59.3 Å². The van der Waals surface area contributed by atoms with Gasteiger partial charge in [0.1, 0.15) is 5.75 Å². The van der Waals surface area contributed by atoms with Crippen molar-refractivity contribution in [3.8, 4) is 5.75 Å². The lowest BCUT2D eigenvalue weighted by molar-refractivity contribution is -0.134. The van der Waals surface area contributed by atoms with Gasteiger partial charge in [0.05, 0.1) is 7.11 Å². The van der Waals surface area contributed by atoms with Gasteiger partial charge in [-0.05, 0) is 67.9 Å². The van der Waals surface area contributed by atoms with E-state index >= 15 is 0 Å². The highest BCUT2D eigenvalue weighted by molar-refractivity contribution is 5.94. The van der Waals surface area contributed by atoms with Crippen molar-refractivity contribution in [3.63, 3.8) is 0 Å². The van der Waals surface area contributed by atoms with Crippen LogP contribution < -0.4 is 4.74 Å². The smallest absolute Gasteiger partial charge is 0.253 e. The fraction of sp³-hybridized carbons (Fsp3) is 0.462. The Morgan fingerprint density at radius 1 is 1.03 bits per heavy atom. The van der Waals surface area contributed by atoms with Crippen molar-refractivity contribution in [2.75, 3.05) is 27.2 Å². The lowest BCUT2D eigenvalue weighted by atomic mass is 9.84. The maximum absolute atomic E-state index is 12.9. The van der Waals surface area contributed by atoms with E-state index in [0.717, 1.165) is 56.5 Å². The average Bonchev–Trinajstić information content (AvgIpc) is 3.67. The number of amides is 2. The van der Waals surface area contributed by atoms with Gasteiger partial charge in [-0.3, -0.25) is 9.59 Å². The number of hydrogen-bond acceptors (Lipinski definition) is 3. The number of carbonyl (C=O) groups is 2. The Kier molecular flexibility index (Phi) is 6.59. The molecular weight excluding hydrogens is 388 g/mol. The maximum Gasteiger partial charge on any atom is 0.253 e. The minimum Gasteiger partial charge on any atom is -0.497 e. The lowest BCUT2D eigenvalue weighted by Crippen LogP contribution is -2.48. The number of piperidine rings is 1. The molecule has 0 spiro atoms. The van der Waals surface area contributed by atoms with Crippen LogP contribution in [-0.2, 0) is 11.2 Å². The number of likely N-dealkylation sites (tertiary alicyclic amines) is 1. The van der Waals surface area contributed by atoms with E-state index in [1.54, 1.807) is 7.11 Å². The number of likely N-dealkylation sites (N-methyl/N-ethyl adjacent to an activating group) is 1. The van der Waals surface area contributed by atoms with Crippen LogP contribution in [0.4, 0.5) is 0 Å². The molecule has 0 aromatic heterocycles. The Bertz CT molecular complexity index is 902. The first-order chi connectivity index (χ1) is 15.1. The minimum absolute atomic E-state index is 0.103. The summed E-state index contributed by atoms with van der Waals surface area (Å²) in [4.78, 5) is 29.7. The topological polar surface area (TPSA) is 49.9 Å². The number of ether oxygens (including phenoxy) is 1. The van der Waals surface area contributed by atoms with Crippen molar-refractivity contribution < 1.29 is 14.3 Å². The summed E-state index contributed by atoms with van der Waals surface area (Å²) < 4.78 is 5.40. The van der Waals surface area contributed by atoms with Crippen molar-refractivity contribution in [1.82, 2.24) is 9.80 Å². The first kappa shape index (κ1) is 21.4. The van der Waals surface area contributed by atoms with Crippen LogP contribution >= 0.6 is 0 Å². The van der Waals surface area contributed by atoms with Crippen LogP contribution in [0.5, 0.6) is 5.75 Å². The zero-order valence-corrected chi connectivity index (χ0v) is 18.5. The predicted octanol–water partition coefficient (Wildman–Crippen LogP) is 4.03. The highest BCUT2D eigenvalue weighted by Gasteiger charge is 2.38. The summed E-state index contributed by atoms with van der Waals surface area (Å²) in [7, 11) is 3.64. The summed E-state index contributed by atoms with van der Waals surface area (Å²) in [5.41, 5.74) is 1.93. The van der Waals surface area contributed by atoms with Gasteiger partial charge in [-0.25, -0.2) is 0 Å². The molecule has 2 fully saturated rings. The number of hydrogen-bond donors (Lipinski definition) is 0. The predicted molar refractivity (Wildman–Crippen MR) is 121 cm³/mol. The molecule has 1 aliphatic heterocycles. The molecule has 0 N–H and O–H groups in total. The monoisotopic (exact) mass is 420 g/mol. The Morgan fingerprint density at radius 2 is 1.74 bits per heavy atom. The zero-order valence-electron chi connectivity index (χ0n) is 18.5. The molecule has 1 atom stereocenters. The van der Waals surface area contributed by atoms with Gasteiger partial charge in [0.25, 0.3) is 5.91 Å². The van der Waals surface area contributed by atoms with Crippen LogP contribution in [0, 0.1) is 11.8 Å². The molecule has 2 aliphatic rings. The van der Waals surface area contributed by atoms with Gasteiger partial charge in [-0.2, -0.15) is 0 Å². The molecule has 1 unspecified atom stereocenters. The molecule has 1 saturated carbocycles. The zero-order chi connectivity index (χ0) is 21.8. The van der Waals surface area contributed by atoms with Gasteiger partial charge in [-0.1, -0.05) is 30.3 Å². The van der Waals surface area contributed by atoms with Gasteiger partial charge < -0.3 is 14.5 Å². The number of benzene rings is 2. The van der Waals surface area contributed by atoms with Crippen LogP contribution in [-0.4, -0.2) is 54.9 Å². The molecule has 2 amide bonds.